The lowest BCUT2D eigenvalue weighted by molar-refractivity contribution is -0.134. The maximum absolute atomic E-state index is 12.0. The summed E-state index contributed by atoms with van der Waals surface area (Å²) in [6.07, 6.45) is 3.78. The molecule has 1 unspecified atom stereocenters. The van der Waals surface area contributed by atoms with E-state index in [0.717, 1.165) is 38.8 Å². The van der Waals surface area contributed by atoms with Crippen molar-refractivity contribution >= 4 is 5.91 Å². The van der Waals surface area contributed by atoms with Gasteiger partial charge in [0, 0.05) is 25.6 Å². The molecule has 1 N–H and O–H groups in total. The molecule has 0 aromatic heterocycles. The summed E-state index contributed by atoms with van der Waals surface area (Å²) >= 11 is 0. The smallest absolute Gasteiger partial charge is 0.225 e. The number of carbonyl (C=O) groups excluding carboxylic acids is 1. The van der Waals surface area contributed by atoms with E-state index in [0.29, 0.717) is 11.8 Å². The highest BCUT2D eigenvalue weighted by molar-refractivity contribution is 5.79. The SMILES string of the molecule is CCC(CC)C(=O)N1CCC(CCO)C1. The van der Waals surface area contributed by atoms with Gasteiger partial charge >= 0.3 is 0 Å². The number of nitrogens with zero attached hydrogens (tertiary/aromatic N) is 1. The Labute approximate surface area is 92.5 Å². The van der Waals surface area contributed by atoms with Gasteiger partial charge in [0.15, 0.2) is 0 Å². The molecule has 1 amide bonds. The highest BCUT2D eigenvalue weighted by Crippen LogP contribution is 2.22. The molecule has 1 rings (SSSR count). The minimum Gasteiger partial charge on any atom is -0.396 e. The standard InChI is InChI=1S/C12H23NO2/c1-3-11(4-2)12(15)13-7-5-10(9-13)6-8-14/h10-11,14H,3-9H2,1-2H3. The maximum Gasteiger partial charge on any atom is 0.225 e. The van der Waals surface area contributed by atoms with Crippen molar-refractivity contribution in [1.29, 1.82) is 0 Å². The van der Waals surface area contributed by atoms with Gasteiger partial charge < -0.3 is 10.0 Å². The van der Waals surface area contributed by atoms with E-state index in [9.17, 15) is 4.79 Å². The quantitative estimate of drug-likeness (QED) is 0.754. The first-order valence-electron chi connectivity index (χ1n) is 6.12. The van der Waals surface area contributed by atoms with Crippen LogP contribution in [0.4, 0.5) is 0 Å². The summed E-state index contributed by atoms with van der Waals surface area (Å²) in [7, 11) is 0. The van der Waals surface area contributed by atoms with E-state index >= 15 is 0 Å². The average molecular weight is 213 g/mol. The number of hydrogen-bond acceptors (Lipinski definition) is 2. The molecule has 15 heavy (non-hydrogen) atoms. The fraction of sp³-hybridized carbons (Fsp3) is 0.917. The zero-order valence-electron chi connectivity index (χ0n) is 9.91. The molecule has 1 fully saturated rings. The second-order valence-electron chi connectivity index (χ2n) is 4.46. The number of aliphatic hydroxyl groups is 1. The summed E-state index contributed by atoms with van der Waals surface area (Å²) in [5.41, 5.74) is 0. The lowest BCUT2D eigenvalue weighted by atomic mass is 10.0. The third-order valence-electron chi connectivity index (χ3n) is 3.47. The Morgan fingerprint density at radius 3 is 2.67 bits per heavy atom. The molecule has 1 aliphatic rings. The van der Waals surface area contributed by atoms with Crippen LogP contribution >= 0.6 is 0 Å². The summed E-state index contributed by atoms with van der Waals surface area (Å²) in [4.78, 5) is 14.0. The van der Waals surface area contributed by atoms with Gasteiger partial charge in [0.25, 0.3) is 0 Å². The van der Waals surface area contributed by atoms with E-state index in [-0.39, 0.29) is 12.5 Å². The van der Waals surface area contributed by atoms with Gasteiger partial charge in [0.2, 0.25) is 5.91 Å². The van der Waals surface area contributed by atoms with Crippen molar-refractivity contribution in [3.8, 4) is 0 Å². The van der Waals surface area contributed by atoms with Crippen LogP contribution in [-0.4, -0.2) is 35.6 Å². The first-order valence-corrected chi connectivity index (χ1v) is 6.12. The normalized spacial score (nSPS) is 21.3. The van der Waals surface area contributed by atoms with Crippen LogP contribution < -0.4 is 0 Å². The molecule has 0 bridgehead atoms. The molecule has 0 aliphatic carbocycles. The summed E-state index contributed by atoms with van der Waals surface area (Å²) < 4.78 is 0. The van der Waals surface area contributed by atoms with Crippen molar-refractivity contribution in [3.05, 3.63) is 0 Å². The number of rotatable bonds is 5. The third kappa shape index (κ3) is 3.20. The fourth-order valence-corrected chi connectivity index (χ4v) is 2.35. The fourth-order valence-electron chi connectivity index (χ4n) is 2.35. The van der Waals surface area contributed by atoms with E-state index in [1.165, 1.54) is 0 Å². The molecular formula is C12H23NO2. The summed E-state index contributed by atoms with van der Waals surface area (Å²) in [6, 6.07) is 0. The van der Waals surface area contributed by atoms with Gasteiger partial charge in [0.05, 0.1) is 0 Å². The van der Waals surface area contributed by atoms with E-state index in [1.54, 1.807) is 0 Å². The maximum atomic E-state index is 12.0. The molecule has 0 aromatic carbocycles. The van der Waals surface area contributed by atoms with Crippen LogP contribution in [0.25, 0.3) is 0 Å². The first kappa shape index (κ1) is 12.5. The second-order valence-corrected chi connectivity index (χ2v) is 4.46. The van der Waals surface area contributed by atoms with Crippen LogP contribution in [0, 0.1) is 11.8 Å². The molecule has 1 atom stereocenters. The molecule has 1 aliphatic heterocycles. The number of likely N-dealkylation sites (tertiary alicyclic amines) is 1. The Kier molecular flexibility index (Phi) is 5.09. The minimum absolute atomic E-state index is 0.206. The average Bonchev–Trinajstić information content (AvgIpc) is 2.68. The van der Waals surface area contributed by atoms with Crippen molar-refractivity contribution in [3.63, 3.8) is 0 Å². The van der Waals surface area contributed by atoms with Gasteiger partial charge in [0.1, 0.15) is 0 Å². The van der Waals surface area contributed by atoms with Gasteiger partial charge in [-0.1, -0.05) is 13.8 Å². The molecule has 0 aromatic rings. The molecule has 0 radical (unpaired) electrons. The number of carbonyl (C=O) groups is 1. The lowest BCUT2D eigenvalue weighted by Crippen LogP contribution is -2.34. The number of aliphatic hydroxyl groups excluding tert-OH is 1. The highest BCUT2D eigenvalue weighted by Gasteiger charge is 2.28. The molecule has 1 heterocycles. The van der Waals surface area contributed by atoms with Crippen molar-refractivity contribution in [1.82, 2.24) is 4.90 Å². The predicted molar refractivity (Wildman–Crippen MR) is 60.5 cm³/mol. The summed E-state index contributed by atoms with van der Waals surface area (Å²) in [5.74, 6) is 1.05. The van der Waals surface area contributed by atoms with Crippen molar-refractivity contribution in [2.45, 2.75) is 39.5 Å². The topological polar surface area (TPSA) is 40.5 Å². The largest absolute Gasteiger partial charge is 0.396 e. The molecule has 3 nitrogen and oxygen atoms in total. The van der Waals surface area contributed by atoms with Crippen molar-refractivity contribution in [2.75, 3.05) is 19.7 Å². The van der Waals surface area contributed by atoms with E-state index in [2.05, 4.69) is 13.8 Å². The zero-order chi connectivity index (χ0) is 11.3. The van der Waals surface area contributed by atoms with Crippen molar-refractivity contribution < 1.29 is 9.90 Å². The Hall–Kier alpha value is -0.570. The summed E-state index contributed by atoms with van der Waals surface area (Å²) in [6.45, 7) is 6.15. The minimum atomic E-state index is 0.206. The van der Waals surface area contributed by atoms with E-state index in [1.807, 2.05) is 4.90 Å². The van der Waals surface area contributed by atoms with Gasteiger partial charge in [-0.15, -0.1) is 0 Å². The van der Waals surface area contributed by atoms with Crippen molar-refractivity contribution in [2.24, 2.45) is 11.8 Å². The molecule has 3 heteroatoms. The Balaban J connectivity index is 2.42. The van der Waals surface area contributed by atoms with E-state index in [4.69, 9.17) is 5.11 Å². The third-order valence-corrected chi connectivity index (χ3v) is 3.47. The van der Waals surface area contributed by atoms with Crippen LogP contribution in [-0.2, 0) is 4.79 Å². The van der Waals surface area contributed by atoms with E-state index < -0.39 is 0 Å². The summed E-state index contributed by atoms with van der Waals surface area (Å²) in [5, 5.41) is 8.85. The second kappa shape index (κ2) is 6.11. The first-order chi connectivity index (χ1) is 7.22. The molecule has 88 valence electrons. The monoisotopic (exact) mass is 213 g/mol. The van der Waals surface area contributed by atoms with Crippen LogP contribution in [0.3, 0.4) is 0 Å². The zero-order valence-corrected chi connectivity index (χ0v) is 9.91. The van der Waals surface area contributed by atoms with Gasteiger partial charge in [-0.2, -0.15) is 0 Å². The Bertz CT molecular complexity index is 202. The van der Waals surface area contributed by atoms with Crippen LogP contribution in [0.1, 0.15) is 39.5 Å². The number of amides is 1. The predicted octanol–water partition coefficient (Wildman–Crippen LogP) is 1.65. The molecule has 0 spiro atoms. The molecular weight excluding hydrogens is 190 g/mol. The Morgan fingerprint density at radius 2 is 2.13 bits per heavy atom. The van der Waals surface area contributed by atoms with Crippen LogP contribution in [0.15, 0.2) is 0 Å². The molecule has 1 saturated heterocycles. The Morgan fingerprint density at radius 1 is 1.47 bits per heavy atom. The lowest BCUT2D eigenvalue weighted by Gasteiger charge is -2.21. The van der Waals surface area contributed by atoms with Gasteiger partial charge in [-0.3, -0.25) is 4.79 Å². The number of hydrogen-bond donors (Lipinski definition) is 1. The van der Waals surface area contributed by atoms with Crippen LogP contribution in [0.5, 0.6) is 0 Å². The highest BCUT2D eigenvalue weighted by atomic mass is 16.3. The van der Waals surface area contributed by atoms with Gasteiger partial charge in [-0.25, -0.2) is 0 Å². The molecule has 0 saturated carbocycles. The van der Waals surface area contributed by atoms with Gasteiger partial charge in [-0.05, 0) is 31.6 Å². The van der Waals surface area contributed by atoms with Crippen LogP contribution in [0.2, 0.25) is 0 Å².